The van der Waals surface area contributed by atoms with Gasteiger partial charge in [-0.25, -0.2) is 29.2 Å². The van der Waals surface area contributed by atoms with E-state index >= 15 is 0 Å². The van der Waals surface area contributed by atoms with Gasteiger partial charge < -0.3 is 37.9 Å². The van der Waals surface area contributed by atoms with Crippen molar-refractivity contribution in [3.8, 4) is 29.1 Å². The van der Waals surface area contributed by atoms with Crippen molar-refractivity contribution in [3.63, 3.8) is 0 Å². The Bertz CT molecular complexity index is 2980. The first-order valence-electron chi connectivity index (χ1n) is 28.1. The number of fused-ring (bicyclic) bond motifs is 1. The molecule has 2 fully saturated rings. The minimum atomic E-state index is -0.620. The number of aromatic nitrogens is 1. The zero-order chi connectivity index (χ0) is 57.9. The Hall–Kier alpha value is -8.37. The van der Waals surface area contributed by atoms with E-state index in [1.807, 2.05) is 24.3 Å². The van der Waals surface area contributed by atoms with Crippen LogP contribution in [0.2, 0.25) is 0 Å². The molecule has 2 saturated carbocycles. The summed E-state index contributed by atoms with van der Waals surface area (Å²) in [5, 5.41) is 16.4. The van der Waals surface area contributed by atoms with Gasteiger partial charge in [-0.1, -0.05) is 36.6 Å². The lowest BCUT2D eigenvalue weighted by Crippen LogP contribution is -2.30. The molecule has 0 atom stereocenters. The van der Waals surface area contributed by atoms with Gasteiger partial charge in [0, 0.05) is 17.7 Å². The lowest BCUT2D eigenvalue weighted by Gasteiger charge is -2.27. The van der Waals surface area contributed by atoms with E-state index < -0.39 is 41.9 Å². The van der Waals surface area contributed by atoms with Crippen LogP contribution in [-0.2, 0) is 38.1 Å². The molecule has 1 aromatic heterocycles. The number of nitriles is 1. The topological polar surface area (TPSA) is 229 Å². The summed E-state index contributed by atoms with van der Waals surface area (Å²) in [4.78, 5) is 81.1. The Morgan fingerprint density at radius 3 is 1.66 bits per heavy atom. The fourth-order valence-corrected chi connectivity index (χ4v) is 10.2. The SMILES string of the molecule is C=CC(=O)OCCCCCCOc1ccc(OC(=O)C2CCC(OC(=O)c3ccc(OC(=O)C4CCC(OC(=O)c5ccc(OCCCCCCOC(=O)C=C)cc5)CC4)cc3/C=N/N(CCC#N)c3nc4ccccc4s3)CC2)cc1. The summed E-state index contributed by atoms with van der Waals surface area (Å²) in [6.07, 6.45) is 13.5. The van der Waals surface area contributed by atoms with Gasteiger partial charge in [-0.05, 0) is 182 Å². The summed E-state index contributed by atoms with van der Waals surface area (Å²) < 4.78 is 46.1. The highest BCUT2D eigenvalue weighted by atomic mass is 32.1. The first kappa shape index (κ1) is 61.3. The van der Waals surface area contributed by atoms with Crippen molar-refractivity contribution in [2.24, 2.45) is 16.9 Å². The van der Waals surface area contributed by atoms with Gasteiger partial charge >= 0.3 is 35.8 Å². The smallest absolute Gasteiger partial charge is 0.339 e. The molecule has 2 aliphatic carbocycles. The zero-order valence-electron chi connectivity index (χ0n) is 46.1. The van der Waals surface area contributed by atoms with Crippen LogP contribution in [0.4, 0.5) is 5.13 Å². The highest BCUT2D eigenvalue weighted by Crippen LogP contribution is 2.33. The number of ether oxygens (including phenoxy) is 8. The number of carbonyl (C=O) groups is 6. The molecule has 0 aliphatic heterocycles. The van der Waals surface area contributed by atoms with Crippen LogP contribution < -0.4 is 24.0 Å². The lowest BCUT2D eigenvalue weighted by atomic mass is 9.87. The number of anilines is 1. The maximum absolute atomic E-state index is 14.1. The van der Waals surface area contributed by atoms with Gasteiger partial charge in [0.1, 0.15) is 35.2 Å². The molecule has 19 heteroatoms. The average Bonchev–Trinajstić information content (AvgIpc) is 4.14. The van der Waals surface area contributed by atoms with Crippen molar-refractivity contribution < 1.29 is 66.7 Å². The molecule has 5 aromatic rings. The van der Waals surface area contributed by atoms with Gasteiger partial charge in [-0.3, -0.25) is 9.59 Å². The number of carbonyl (C=O) groups excluding carboxylic acids is 6. The number of esters is 6. The van der Waals surface area contributed by atoms with E-state index in [0.717, 1.165) is 73.7 Å². The third-order valence-corrected chi connectivity index (χ3v) is 14.9. The molecule has 0 unspecified atom stereocenters. The monoisotopic (exact) mass is 1140 g/mol. The molecule has 82 heavy (non-hydrogen) atoms. The maximum atomic E-state index is 14.1. The number of benzene rings is 4. The van der Waals surface area contributed by atoms with E-state index in [4.69, 9.17) is 48.0 Å². The van der Waals surface area contributed by atoms with Crippen molar-refractivity contribution >= 4 is 68.7 Å². The van der Waals surface area contributed by atoms with Gasteiger partial charge in [-0.2, -0.15) is 10.4 Å². The third kappa shape index (κ3) is 19.7. The maximum Gasteiger partial charge on any atom is 0.339 e. The van der Waals surface area contributed by atoms with Crippen LogP contribution >= 0.6 is 11.3 Å². The van der Waals surface area contributed by atoms with E-state index in [1.54, 1.807) is 59.6 Å². The van der Waals surface area contributed by atoms with Crippen molar-refractivity contribution in [1.82, 2.24) is 4.98 Å². The second-order valence-corrected chi connectivity index (χ2v) is 20.9. The summed E-state index contributed by atoms with van der Waals surface area (Å²) in [5.74, 6) is -1.70. The molecule has 4 aromatic carbocycles. The molecule has 432 valence electrons. The number of rotatable bonds is 31. The van der Waals surface area contributed by atoms with Gasteiger partial charge in [-0.15, -0.1) is 0 Å². The predicted molar refractivity (Wildman–Crippen MR) is 308 cm³/mol. The Morgan fingerprint density at radius 1 is 0.610 bits per heavy atom. The fourth-order valence-electron chi connectivity index (χ4n) is 9.27. The van der Waals surface area contributed by atoms with Crippen LogP contribution in [0.1, 0.15) is 135 Å². The van der Waals surface area contributed by atoms with Crippen LogP contribution in [0.25, 0.3) is 10.2 Å². The molecule has 7 rings (SSSR count). The fraction of sp³-hybridized carbons (Fsp3) is 0.413. The van der Waals surface area contributed by atoms with Crippen molar-refractivity contribution in [1.29, 1.82) is 5.26 Å². The van der Waals surface area contributed by atoms with Crippen molar-refractivity contribution in [2.75, 3.05) is 38.0 Å². The van der Waals surface area contributed by atoms with Crippen LogP contribution in [-0.4, -0.2) is 92.2 Å². The lowest BCUT2D eigenvalue weighted by molar-refractivity contribution is -0.141. The van der Waals surface area contributed by atoms with E-state index in [-0.39, 0.29) is 42.3 Å². The highest BCUT2D eigenvalue weighted by Gasteiger charge is 2.32. The number of para-hydroxylation sites is 1. The molecular weight excluding hydrogens is 1070 g/mol. The molecule has 0 N–H and O–H groups in total. The Morgan fingerprint density at radius 2 is 1.11 bits per heavy atom. The molecule has 0 bridgehead atoms. The number of thiazole rings is 1. The predicted octanol–water partition coefficient (Wildman–Crippen LogP) is 12.0. The summed E-state index contributed by atoms with van der Waals surface area (Å²) in [7, 11) is 0. The second-order valence-electron chi connectivity index (χ2n) is 19.9. The summed E-state index contributed by atoms with van der Waals surface area (Å²) in [5.41, 5.74) is 1.64. The number of hydrazone groups is 1. The van der Waals surface area contributed by atoms with E-state index in [2.05, 4.69) is 19.2 Å². The van der Waals surface area contributed by atoms with Crippen molar-refractivity contribution in [2.45, 2.75) is 121 Å². The normalized spacial score (nSPS) is 16.7. The molecule has 0 saturated heterocycles. The molecule has 2 aliphatic rings. The minimum Gasteiger partial charge on any atom is -0.494 e. The number of nitrogens with zero attached hydrogens (tertiary/aromatic N) is 4. The van der Waals surface area contributed by atoms with E-state index in [0.29, 0.717) is 111 Å². The van der Waals surface area contributed by atoms with Crippen molar-refractivity contribution in [3.05, 3.63) is 133 Å². The van der Waals surface area contributed by atoms with Gasteiger partial charge in [0.05, 0.1) is 84.9 Å². The third-order valence-electron chi connectivity index (χ3n) is 13.9. The van der Waals surface area contributed by atoms with Gasteiger partial charge in [0.15, 0.2) is 0 Å². The minimum absolute atomic E-state index is 0.145. The molecule has 0 radical (unpaired) electrons. The molecular formula is C63H70N4O14S. The Kier molecular flexibility index (Phi) is 24.5. The van der Waals surface area contributed by atoms with Crippen LogP contribution in [0.15, 0.2) is 121 Å². The standard InChI is InChI=1S/C63H70N4O14S/c1-3-57(68)76-40-13-7-5-11-38-74-48-24-18-44(19-25-48)59(70)78-50-26-20-46(21-27-50)61(72)81-53-34-35-54(47(42-53)43-65-67(37-15-36-64)63-66-55-16-9-10-17-56(55)82-63)62(73)80-51-28-22-45(23-29-51)60(71)79-52-32-30-49(31-33-52)75-39-12-6-8-14-41-77-58(69)4-2/h3-4,9-10,16-19,24-25,30-35,42-43,45-46,50-51H,1-2,5-8,11-15,20-23,26-29,37-41H2/b65-43+. The van der Waals surface area contributed by atoms with Crippen LogP contribution in [0, 0.1) is 23.2 Å². The highest BCUT2D eigenvalue weighted by molar-refractivity contribution is 7.22. The molecule has 1 heterocycles. The quantitative estimate of drug-likeness (QED) is 0.00764. The zero-order valence-corrected chi connectivity index (χ0v) is 46.9. The average molecular weight is 1140 g/mol. The van der Waals surface area contributed by atoms with E-state index in [9.17, 15) is 34.0 Å². The van der Waals surface area contributed by atoms with Crippen LogP contribution in [0.3, 0.4) is 0 Å². The van der Waals surface area contributed by atoms with Gasteiger partial charge in [0.25, 0.3) is 0 Å². The summed E-state index contributed by atoms with van der Waals surface area (Å²) in [6.45, 7) is 8.75. The van der Waals surface area contributed by atoms with Gasteiger partial charge in [0.2, 0.25) is 5.13 Å². The largest absolute Gasteiger partial charge is 0.494 e. The molecule has 18 nitrogen and oxygen atoms in total. The Balaban J connectivity index is 0.897. The second kappa shape index (κ2) is 32.8. The number of hydrogen-bond donors (Lipinski definition) is 0. The summed E-state index contributed by atoms with van der Waals surface area (Å²) >= 11 is 1.41. The first-order valence-corrected chi connectivity index (χ1v) is 28.9. The first-order chi connectivity index (χ1) is 40.0. The van der Waals surface area contributed by atoms with Crippen LogP contribution in [0.5, 0.6) is 23.0 Å². The number of hydrogen-bond acceptors (Lipinski definition) is 19. The Labute approximate surface area is 482 Å². The molecule has 0 spiro atoms. The summed E-state index contributed by atoms with van der Waals surface area (Å²) in [6, 6.07) is 28.1. The number of unbranched alkanes of at least 4 members (excludes halogenated alkanes) is 6. The molecule has 0 amide bonds. The van der Waals surface area contributed by atoms with E-state index in [1.165, 1.54) is 29.7 Å².